The minimum atomic E-state index is 0.158. The molecule has 1 aromatic carbocycles. The third kappa shape index (κ3) is 2.30. The molecule has 0 saturated carbocycles. The molecule has 94 valence electrons. The molecule has 3 aromatic rings. The fourth-order valence-electron chi connectivity index (χ4n) is 1.75. The summed E-state index contributed by atoms with van der Waals surface area (Å²) in [5, 5.41) is 13.3. The normalized spacial score (nSPS) is 10.6. The van der Waals surface area contributed by atoms with Crippen LogP contribution in [-0.4, -0.2) is 20.2 Å². The standard InChI is InChI=1S/C14H11N3O2/c1-9-4-2-7-12(15-9)13-16-14(19-17-13)10-5-3-6-11(18)8-10/h2-8,18H,1H3. The van der Waals surface area contributed by atoms with Gasteiger partial charge in [0.15, 0.2) is 0 Å². The molecule has 0 fully saturated rings. The Hall–Kier alpha value is -2.69. The van der Waals surface area contributed by atoms with Crippen LogP contribution in [0.2, 0.25) is 0 Å². The second-order valence-corrected chi connectivity index (χ2v) is 4.14. The summed E-state index contributed by atoms with van der Waals surface area (Å²) >= 11 is 0. The first-order valence-corrected chi connectivity index (χ1v) is 5.79. The van der Waals surface area contributed by atoms with Crippen LogP contribution in [0.25, 0.3) is 23.0 Å². The van der Waals surface area contributed by atoms with Gasteiger partial charge in [-0.25, -0.2) is 4.98 Å². The average molecular weight is 253 g/mol. The van der Waals surface area contributed by atoms with Crippen molar-refractivity contribution in [2.24, 2.45) is 0 Å². The van der Waals surface area contributed by atoms with Crippen molar-refractivity contribution < 1.29 is 9.63 Å². The van der Waals surface area contributed by atoms with E-state index in [1.54, 1.807) is 24.3 Å². The Balaban J connectivity index is 2.00. The molecular formula is C14H11N3O2. The van der Waals surface area contributed by atoms with E-state index < -0.39 is 0 Å². The lowest BCUT2D eigenvalue weighted by atomic mass is 10.2. The number of phenols is 1. The lowest BCUT2D eigenvalue weighted by Crippen LogP contribution is -1.87. The van der Waals surface area contributed by atoms with Gasteiger partial charge in [-0.2, -0.15) is 4.98 Å². The van der Waals surface area contributed by atoms with Crippen molar-refractivity contribution in [3.63, 3.8) is 0 Å². The van der Waals surface area contributed by atoms with Crippen LogP contribution >= 0.6 is 0 Å². The van der Waals surface area contributed by atoms with Crippen LogP contribution in [-0.2, 0) is 0 Å². The number of nitrogens with zero attached hydrogens (tertiary/aromatic N) is 3. The number of aryl methyl sites for hydroxylation is 1. The zero-order valence-corrected chi connectivity index (χ0v) is 10.2. The monoisotopic (exact) mass is 253 g/mol. The van der Waals surface area contributed by atoms with Crippen molar-refractivity contribution in [2.75, 3.05) is 0 Å². The summed E-state index contributed by atoms with van der Waals surface area (Å²) in [6.45, 7) is 1.90. The lowest BCUT2D eigenvalue weighted by Gasteiger charge is -1.95. The van der Waals surface area contributed by atoms with Crippen molar-refractivity contribution in [1.29, 1.82) is 0 Å². The molecule has 0 spiro atoms. The Morgan fingerprint density at radius 1 is 1.05 bits per heavy atom. The zero-order valence-electron chi connectivity index (χ0n) is 10.2. The summed E-state index contributed by atoms with van der Waals surface area (Å²) in [5.74, 6) is 0.946. The van der Waals surface area contributed by atoms with E-state index >= 15 is 0 Å². The average Bonchev–Trinajstić information content (AvgIpc) is 2.88. The highest BCUT2D eigenvalue weighted by molar-refractivity contribution is 5.58. The molecule has 2 heterocycles. The highest BCUT2D eigenvalue weighted by atomic mass is 16.5. The number of rotatable bonds is 2. The Morgan fingerprint density at radius 3 is 2.68 bits per heavy atom. The van der Waals surface area contributed by atoms with Crippen LogP contribution in [0.15, 0.2) is 47.0 Å². The molecule has 0 radical (unpaired) electrons. The molecule has 0 amide bonds. The van der Waals surface area contributed by atoms with E-state index in [-0.39, 0.29) is 5.75 Å². The summed E-state index contributed by atoms with van der Waals surface area (Å²) < 4.78 is 5.19. The highest BCUT2D eigenvalue weighted by Crippen LogP contribution is 2.23. The number of pyridine rings is 1. The second kappa shape index (κ2) is 4.53. The van der Waals surface area contributed by atoms with Gasteiger partial charge in [0.05, 0.1) is 0 Å². The minimum absolute atomic E-state index is 0.158. The molecule has 3 rings (SSSR count). The third-order valence-electron chi connectivity index (χ3n) is 2.64. The molecule has 0 bridgehead atoms. The number of aromatic hydroxyl groups is 1. The first-order valence-electron chi connectivity index (χ1n) is 5.79. The van der Waals surface area contributed by atoms with Gasteiger partial charge in [0.2, 0.25) is 5.82 Å². The van der Waals surface area contributed by atoms with E-state index in [1.165, 1.54) is 0 Å². The van der Waals surface area contributed by atoms with Crippen LogP contribution in [0.3, 0.4) is 0 Å². The van der Waals surface area contributed by atoms with Crippen molar-refractivity contribution in [2.45, 2.75) is 6.92 Å². The summed E-state index contributed by atoms with van der Waals surface area (Å²) in [6.07, 6.45) is 0. The summed E-state index contributed by atoms with van der Waals surface area (Å²) in [5.41, 5.74) is 2.22. The van der Waals surface area contributed by atoms with Gasteiger partial charge >= 0.3 is 0 Å². The van der Waals surface area contributed by atoms with Crippen LogP contribution in [0, 0.1) is 6.92 Å². The summed E-state index contributed by atoms with van der Waals surface area (Å²) in [6, 6.07) is 12.3. The van der Waals surface area contributed by atoms with E-state index in [1.807, 2.05) is 25.1 Å². The number of hydrogen-bond acceptors (Lipinski definition) is 5. The Morgan fingerprint density at radius 2 is 1.89 bits per heavy atom. The van der Waals surface area contributed by atoms with E-state index in [0.717, 1.165) is 5.69 Å². The number of aromatic nitrogens is 3. The molecular weight excluding hydrogens is 242 g/mol. The summed E-state index contributed by atoms with van der Waals surface area (Å²) in [4.78, 5) is 8.62. The fraction of sp³-hybridized carbons (Fsp3) is 0.0714. The van der Waals surface area contributed by atoms with Gasteiger partial charge in [-0.3, -0.25) is 0 Å². The molecule has 5 heteroatoms. The van der Waals surface area contributed by atoms with Gasteiger partial charge in [-0.1, -0.05) is 17.3 Å². The number of hydrogen-bond donors (Lipinski definition) is 1. The maximum absolute atomic E-state index is 9.43. The predicted molar refractivity (Wildman–Crippen MR) is 69.4 cm³/mol. The largest absolute Gasteiger partial charge is 0.508 e. The van der Waals surface area contributed by atoms with E-state index in [0.29, 0.717) is 23.0 Å². The molecule has 0 unspecified atom stereocenters. The molecule has 2 aromatic heterocycles. The van der Waals surface area contributed by atoms with Crippen molar-refractivity contribution in [1.82, 2.24) is 15.1 Å². The Labute approximate surface area is 109 Å². The highest BCUT2D eigenvalue weighted by Gasteiger charge is 2.11. The molecule has 0 aliphatic carbocycles. The predicted octanol–water partition coefficient (Wildman–Crippen LogP) is 2.81. The van der Waals surface area contributed by atoms with Crippen molar-refractivity contribution >= 4 is 0 Å². The molecule has 5 nitrogen and oxygen atoms in total. The fourth-order valence-corrected chi connectivity index (χ4v) is 1.75. The number of benzene rings is 1. The van der Waals surface area contributed by atoms with E-state index in [2.05, 4.69) is 15.1 Å². The quantitative estimate of drug-likeness (QED) is 0.760. The molecule has 0 saturated heterocycles. The smallest absolute Gasteiger partial charge is 0.258 e. The second-order valence-electron chi connectivity index (χ2n) is 4.14. The van der Waals surface area contributed by atoms with Crippen LogP contribution in [0.1, 0.15) is 5.69 Å². The molecule has 0 atom stereocenters. The maximum Gasteiger partial charge on any atom is 0.258 e. The van der Waals surface area contributed by atoms with Crippen LogP contribution in [0.4, 0.5) is 0 Å². The third-order valence-corrected chi connectivity index (χ3v) is 2.64. The Bertz CT molecular complexity index is 662. The van der Waals surface area contributed by atoms with Gasteiger partial charge in [-0.15, -0.1) is 0 Å². The van der Waals surface area contributed by atoms with Gasteiger partial charge in [0.1, 0.15) is 11.4 Å². The van der Waals surface area contributed by atoms with Gasteiger partial charge < -0.3 is 9.63 Å². The van der Waals surface area contributed by atoms with Gasteiger partial charge in [0, 0.05) is 11.3 Å². The Kier molecular flexibility index (Phi) is 2.72. The topological polar surface area (TPSA) is 72.0 Å². The first kappa shape index (κ1) is 11.4. The number of phenolic OH excluding ortho intramolecular Hbond substituents is 1. The van der Waals surface area contributed by atoms with Crippen molar-refractivity contribution in [3.05, 3.63) is 48.2 Å². The van der Waals surface area contributed by atoms with E-state index in [9.17, 15) is 5.11 Å². The maximum atomic E-state index is 9.43. The zero-order chi connectivity index (χ0) is 13.2. The van der Waals surface area contributed by atoms with Crippen molar-refractivity contribution in [3.8, 4) is 28.7 Å². The first-order chi connectivity index (χ1) is 9.22. The van der Waals surface area contributed by atoms with E-state index in [4.69, 9.17) is 4.52 Å². The lowest BCUT2D eigenvalue weighted by molar-refractivity contribution is 0.431. The molecule has 1 N–H and O–H groups in total. The van der Waals surface area contributed by atoms with Gasteiger partial charge in [0.25, 0.3) is 5.89 Å². The van der Waals surface area contributed by atoms with Gasteiger partial charge in [-0.05, 0) is 37.3 Å². The molecule has 0 aliphatic rings. The molecule has 0 aliphatic heterocycles. The SMILES string of the molecule is Cc1cccc(-c2noc(-c3cccc(O)c3)n2)n1. The van der Waals surface area contributed by atoms with Crippen LogP contribution < -0.4 is 0 Å². The molecule has 19 heavy (non-hydrogen) atoms. The summed E-state index contributed by atoms with van der Waals surface area (Å²) in [7, 11) is 0. The minimum Gasteiger partial charge on any atom is -0.508 e. The van der Waals surface area contributed by atoms with Crippen LogP contribution in [0.5, 0.6) is 5.75 Å².